The first-order valence-electron chi connectivity index (χ1n) is 5.22. The SMILES string of the molecule is CC(C)C(CN)COc1ccc(F)cc1. The molecule has 2 N–H and O–H groups in total. The molecule has 0 bridgehead atoms. The lowest BCUT2D eigenvalue weighted by Crippen LogP contribution is -2.26. The third-order valence-electron chi connectivity index (χ3n) is 2.52. The van der Waals surface area contributed by atoms with Crippen molar-refractivity contribution in [3.05, 3.63) is 30.1 Å². The van der Waals surface area contributed by atoms with Crippen molar-refractivity contribution >= 4 is 0 Å². The molecule has 0 amide bonds. The van der Waals surface area contributed by atoms with E-state index >= 15 is 0 Å². The second-order valence-electron chi connectivity index (χ2n) is 4.00. The summed E-state index contributed by atoms with van der Waals surface area (Å²) in [6.07, 6.45) is 0. The van der Waals surface area contributed by atoms with Gasteiger partial charge in [0.2, 0.25) is 0 Å². The summed E-state index contributed by atoms with van der Waals surface area (Å²) in [5.41, 5.74) is 5.62. The summed E-state index contributed by atoms with van der Waals surface area (Å²) in [5, 5.41) is 0. The van der Waals surface area contributed by atoms with Gasteiger partial charge >= 0.3 is 0 Å². The van der Waals surface area contributed by atoms with E-state index in [-0.39, 0.29) is 5.82 Å². The van der Waals surface area contributed by atoms with E-state index in [1.165, 1.54) is 12.1 Å². The van der Waals surface area contributed by atoms with Crippen molar-refractivity contribution in [1.82, 2.24) is 0 Å². The van der Waals surface area contributed by atoms with Crippen LogP contribution in [0.5, 0.6) is 5.75 Å². The van der Waals surface area contributed by atoms with Gasteiger partial charge in [0.15, 0.2) is 0 Å². The average molecular weight is 211 g/mol. The van der Waals surface area contributed by atoms with E-state index in [1.807, 2.05) is 0 Å². The molecule has 84 valence electrons. The number of benzene rings is 1. The van der Waals surface area contributed by atoms with Gasteiger partial charge < -0.3 is 10.5 Å². The van der Waals surface area contributed by atoms with Crippen molar-refractivity contribution in [1.29, 1.82) is 0 Å². The molecule has 0 saturated heterocycles. The Morgan fingerprint density at radius 2 is 1.87 bits per heavy atom. The van der Waals surface area contributed by atoms with Gasteiger partial charge in [-0.3, -0.25) is 0 Å². The van der Waals surface area contributed by atoms with Crippen LogP contribution >= 0.6 is 0 Å². The van der Waals surface area contributed by atoms with Gasteiger partial charge in [-0.2, -0.15) is 0 Å². The van der Waals surface area contributed by atoms with Crippen molar-refractivity contribution in [2.45, 2.75) is 13.8 Å². The fourth-order valence-electron chi connectivity index (χ4n) is 1.27. The lowest BCUT2D eigenvalue weighted by molar-refractivity contribution is 0.214. The van der Waals surface area contributed by atoms with Gasteiger partial charge in [0, 0.05) is 5.92 Å². The predicted molar refractivity (Wildman–Crippen MR) is 59.3 cm³/mol. The zero-order chi connectivity index (χ0) is 11.3. The molecular weight excluding hydrogens is 193 g/mol. The molecule has 0 fully saturated rings. The molecular formula is C12H18FNO. The van der Waals surface area contributed by atoms with Gasteiger partial charge in [0.05, 0.1) is 6.61 Å². The van der Waals surface area contributed by atoms with E-state index in [9.17, 15) is 4.39 Å². The molecule has 15 heavy (non-hydrogen) atoms. The summed E-state index contributed by atoms with van der Waals surface area (Å²) in [4.78, 5) is 0. The molecule has 0 radical (unpaired) electrons. The van der Waals surface area contributed by atoms with E-state index in [2.05, 4.69) is 13.8 Å². The van der Waals surface area contributed by atoms with Crippen molar-refractivity contribution in [2.24, 2.45) is 17.6 Å². The molecule has 3 heteroatoms. The smallest absolute Gasteiger partial charge is 0.123 e. The van der Waals surface area contributed by atoms with E-state index in [4.69, 9.17) is 10.5 Å². The van der Waals surface area contributed by atoms with Crippen LogP contribution in [0, 0.1) is 17.7 Å². The van der Waals surface area contributed by atoms with Crippen molar-refractivity contribution in [3.63, 3.8) is 0 Å². The summed E-state index contributed by atoms with van der Waals surface area (Å²) in [6.45, 7) is 5.43. The van der Waals surface area contributed by atoms with Crippen LogP contribution < -0.4 is 10.5 Å². The largest absolute Gasteiger partial charge is 0.493 e. The highest BCUT2D eigenvalue weighted by atomic mass is 19.1. The van der Waals surface area contributed by atoms with Gasteiger partial charge in [-0.25, -0.2) is 4.39 Å². The van der Waals surface area contributed by atoms with E-state index < -0.39 is 0 Å². The van der Waals surface area contributed by atoms with E-state index in [0.717, 1.165) is 0 Å². The zero-order valence-corrected chi connectivity index (χ0v) is 9.24. The van der Waals surface area contributed by atoms with Crippen LogP contribution in [0.3, 0.4) is 0 Å². The number of halogens is 1. The molecule has 0 aliphatic rings. The Balaban J connectivity index is 2.45. The first kappa shape index (κ1) is 12.0. The molecule has 0 heterocycles. The minimum atomic E-state index is -0.249. The Labute approximate surface area is 90.2 Å². The molecule has 0 aliphatic carbocycles. The maximum Gasteiger partial charge on any atom is 0.123 e. The standard InChI is InChI=1S/C12H18FNO/c1-9(2)10(7-14)8-15-12-5-3-11(13)4-6-12/h3-6,9-10H,7-8,14H2,1-2H3. The lowest BCUT2D eigenvalue weighted by atomic mass is 9.97. The Kier molecular flexibility index (Phi) is 4.56. The van der Waals surface area contributed by atoms with Gasteiger partial charge in [-0.05, 0) is 36.7 Å². The topological polar surface area (TPSA) is 35.2 Å². The fourth-order valence-corrected chi connectivity index (χ4v) is 1.27. The van der Waals surface area contributed by atoms with E-state index in [1.54, 1.807) is 12.1 Å². The van der Waals surface area contributed by atoms with Crippen LogP contribution in [0.25, 0.3) is 0 Å². The third kappa shape index (κ3) is 3.88. The van der Waals surface area contributed by atoms with E-state index in [0.29, 0.717) is 30.7 Å². The van der Waals surface area contributed by atoms with Crippen LogP contribution in [0.15, 0.2) is 24.3 Å². The summed E-state index contributed by atoms with van der Waals surface area (Å²) < 4.78 is 18.1. The second-order valence-corrected chi connectivity index (χ2v) is 4.00. The molecule has 1 unspecified atom stereocenters. The van der Waals surface area contributed by atoms with Gasteiger partial charge in [0.25, 0.3) is 0 Å². The summed E-state index contributed by atoms with van der Waals surface area (Å²) in [5.74, 6) is 1.28. The van der Waals surface area contributed by atoms with Crippen molar-refractivity contribution in [3.8, 4) is 5.75 Å². The van der Waals surface area contributed by atoms with Gasteiger partial charge in [-0.15, -0.1) is 0 Å². The Bertz CT molecular complexity index is 284. The van der Waals surface area contributed by atoms with Crippen LogP contribution in [0.1, 0.15) is 13.8 Å². The quantitative estimate of drug-likeness (QED) is 0.811. The minimum Gasteiger partial charge on any atom is -0.493 e. The van der Waals surface area contributed by atoms with Crippen LogP contribution in [0.4, 0.5) is 4.39 Å². The highest BCUT2D eigenvalue weighted by Gasteiger charge is 2.11. The zero-order valence-electron chi connectivity index (χ0n) is 9.24. The van der Waals surface area contributed by atoms with Crippen LogP contribution in [-0.2, 0) is 0 Å². The molecule has 0 saturated carbocycles. The molecule has 1 aromatic carbocycles. The number of ether oxygens (including phenoxy) is 1. The maximum atomic E-state index is 12.6. The lowest BCUT2D eigenvalue weighted by Gasteiger charge is -2.19. The van der Waals surface area contributed by atoms with Gasteiger partial charge in [0.1, 0.15) is 11.6 Å². The molecule has 1 rings (SSSR count). The molecule has 0 aliphatic heterocycles. The first-order chi connectivity index (χ1) is 7.13. The summed E-state index contributed by atoms with van der Waals surface area (Å²) in [7, 11) is 0. The number of hydrogen-bond acceptors (Lipinski definition) is 2. The van der Waals surface area contributed by atoms with Crippen LogP contribution in [-0.4, -0.2) is 13.2 Å². The Hall–Kier alpha value is -1.09. The summed E-state index contributed by atoms with van der Waals surface area (Å²) >= 11 is 0. The fraction of sp³-hybridized carbons (Fsp3) is 0.500. The van der Waals surface area contributed by atoms with Crippen molar-refractivity contribution < 1.29 is 9.13 Å². The highest BCUT2D eigenvalue weighted by Crippen LogP contribution is 2.15. The monoisotopic (exact) mass is 211 g/mol. The molecule has 0 spiro atoms. The predicted octanol–water partition coefficient (Wildman–Crippen LogP) is 2.44. The first-order valence-corrected chi connectivity index (χ1v) is 5.22. The summed E-state index contributed by atoms with van der Waals surface area (Å²) in [6, 6.07) is 6.04. The molecule has 0 aromatic heterocycles. The normalized spacial score (nSPS) is 12.9. The molecule has 1 aromatic rings. The molecule has 1 atom stereocenters. The third-order valence-corrected chi connectivity index (χ3v) is 2.52. The Morgan fingerprint density at radius 3 is 2.33 bits per heavy atom. The maximum absolute atomic E-state index is 12.6. The average Bonchev–Trinajstić information content (AvgIpc) is 2.21. The second kappa shape index (κ2) is 5.71. The van der Waals surface area contributed by atoms with Crippen LogP contribution in [0.2, 0.25) is 0 Å². The number of nitrogens with two attached hydrogens (primary N) is 1. The van der Waals surface area contributed by atoms with Crippen molar-refractivity contribution in [2.75, 3.05) is 13.2 Å². The number of hydrogen-bond donors (Lipinski definition) is 1. The Morgan fingerprint density at radius 1 is 1.27 bits per heavy atom. The highest BCUT2D eigenvalue weighted by molar-refractivity contribution is 5.22. The minimum absolute atomic E-state index is 0.249. The number of rotatable bonds is 5. The molecule has 2 nitrogen and oxygen atoms in total. The van der Waals surface area contributed by atoms with Gasteiger partial charge in [-0.1, -0.05) is 13.8 Å².